The van der Waals surface area contributed by atoms with Crippen molar-refractivity contribution < 1.29 is 14.3 Å². The monoisotopic (exact) mass is 415 g/mol. The fourth-order valence-electron chi connectivity index (χ4n) is 3.88. The second kappa shape index (κ2) is 10.2. The van der Waals surface area contributed by atoms with E-state index in [0.717, 1.165) is 34.8 Å². The fourth-order valence-corrected chi connectivity index (χ4v) is 3.88. The average molecular weight is 416 g/mol. The number of fused-ring (bicyclic) bond motifs is 2. The predicted molar refractivity (Wildman–Crippen MR) is 123 cm³/mol. The van der Waals surface area contributed by atoms with E-state index in [1.54, 1.807) is 0 Å². The van der Waals surface area contributed by atoms with Gasteiger partial charge >= 0.3 is 0 Å². The summed E-state index contributed by atoms with van der Waals surface area (Å²) in [5.74, 6) is 2.22. The van der Waals surface area contributed by atoms with Crippen LogP contribution in [0.15, 0.2) is 72.8 Å². The fraction of sp³-hybridized carbons (Fsp3) is 0.296. The second-order valence-corrected chi connectivity index (χ2v) is 7.87. The molecule has 0 aromatic heterocycles. The number of rotatable bonds is 9. The predicted octanol–water partition coefficient (Wildman–Crippen LogP) is 6.66. The molecule has 160 valence electrons. The molecule has 1 aliphatic heterocycles. The van der Waals surface area contributed by atoms with Gasteiger partial charge < -0.3 is 14.8 Å². The molecule has 0 spiro atoms. The lowest BCUT2D eigenvalue weighted by Gasteiger charge is -2.28. The molecule has 0 saturated carbocycles. The molecular weight excluding hydrogens is 386 g/mol. The molecule has 4 nitrogen and oxygen atoms in total. The van der Waals surface area contributed by atoms with Gasteiger partial charge in [0.25, 0.3) is 5.91 Å². The van der Waals surface area contributed by atoms with Crippen LogP contribution in [0, 0.1) is 0 Å². The zero-order valence-corrected chi connectivity index (χ0v) is 18.0. The standard InChI is InChI=1S/C27H29NO3/c1-2-3-4-5-10-19-30-21-17-15-20(16-18-21)27(29)28-26-22-11-6-8-13-24(22)31-25-14-9-7-12-23(25)26/h6-9,11-18,26H,2-5,10,19H2,1H3,(H,28,29). The molecule has 1 amide bonds. The Balaban J connectivity index is 1.41. The zero-order valence-electron chi connectivity index (χ0n) is 18.0. The average Bonchev–Trinajstić information content (AvgIpc) is 2.81. The van der Waals surface area contributed by atoms with Crippen molar-refractivity contribution in [3.8, 4) is 17.2 Å². The Morgan fingerprint density at radius 2 is 1.45 bits per heavy atom. The smallest absolute Gasteiger partial charge is 0.252 e. The van der Waals surface area contributed by atoms with Gasteiger partial charge in [-0.3, -0.25) is 4.79 Å². The third kappa shape index (κ3) is 5.08. The molecular formula is C27H29NO3. The molecule has 0 unspecified atom stereocenters. The number of carbonyl (C=O) groups is 1. The Hall–Kier alpha value is -3.27. The maximum atomic E-state index is 13.0. The number of unbranched alkanes of at least 4 members (excludes halogenated alkanes) is 4. The summed E-state index contributed by atoms with van der Waals surface area (Å²) in [6.45, 7) is 2.93. The number of ether oxygens (including phenoxy) is 2. The second-order valence-electron chi connectivity index (χ2n) is 7.87. The van der Waals surface area contributed by atoms with Crippen LogP contribution < -0.4 is 14.8 Å². The third-order valence-electron chi connectivity index (χ3n) is 5.59. The minimum absolute atomic E-state index is 0.123. The summed E-state index contributed by atoms with van der Waals surface area (Å²) in [5, 5.41) is 3.18. The van der Waals surface area contributed by atoms with E-state index in [1.165, 1.54) is 25.7 Å². The Bertz CT molecular complexity index is 967. The number of nitrogens with one attached hydrogen (secondary N) is 1. The lowest BCUT2D eigenvalue weighted by Crippen LogP contribution is -2.31. The van der Waals surface area contributed by atoms with Gasteiger partial charge in [0.05, 0.1) is 12.6 Å². The van der Waals surface area contributed by atoms with Crippen molar-refractivity contribution in [1.82, 2.24) is 5.32 Å². The van der Waals surface area contributed by atoms with E-state index in [9.17, 15) is 4.79 Å². The Morgan fingerprint density at radius 1 is 0.839 bits per heavy atom. The number of benzene rings is 3. The Morgan fingerprint density at radius 3 is 2.10 bits per heavy atom. The van der Waals surface area contributed by atoms with E-state index >= 15 is 0 Å². The molecule has 31 heavy (non-hydrogen) atoms. The van der Waals surface area contributed by atoms with Crippen molar-refractivity contribution in [3.63, 3.8) is 0 Å². The van der Waals surface area contributed by atoms with E-state index in [1.807, 2.05) is 72.8 Å². The van der Waals surface area contributed by atoms with Crippen LogP contribution in [0.4, 0.5) is 0 Å². The topological polar surface area (TPSA) is 47.6 Å². The van der Waals surface area contributed by atoms with E-state index in [4.69, 9.17) is 9.47 Å². The first-order chi connectivity index (χ1) is 15.3. The number of hydrogen-bond donors (Lipinski definition) is 1. The molecule has 0 atom stereocenters. The van der Waals surface area contributed by atoms with Gasteiger partial charge in [0.15, 0.2) is 0 Å². The lowest BCUT2D eigenvalue weighted by molar-refractivity contribution is 0.0941. The molecule has 1 aliphatic rings. The number of amides is 1. The molecule has 0 radical (unpaired) electrons. The highest BCUT2D eigenvalue weighted by Crippen LogP contribution is 2.42. The summed E-state index contributed by atoms with van der Waals surface area (Å²) in [6, 6.07) is 22.8. The van der Waals surface area contributed by atoms with Crippen molar-refractivity contribution in [2.75, 3.05) is 6.61 Å². The SMILES string of the molecule is CCCCCCCOc1ccc(C(=O)NC2c3ccccc3Oc3ccccc32)cc1. The van der Waals surface area contributed by atoms with E-state index in [-0.39, 0.29) is 11.9 Å². The summed E-state index contributed by atoms with van der Waals surface area (Å²) in [7, 11) is 0. The molecule has 0 bridgehead atoms. The molecule has 0 saturated heterocycles. The molecule has 3 aromatic carbocycles. The first-order valence-corrected chi connectivity index (χ1v) is 11.2. The normalized spacial score (nSPS) is 12.4. The van der Waals surface area contributed by atoms with Crippen LogP contribution in [-0.2, 0) is 0 Å². The summed E-state index contributed by atoms with van der Waals surface area (Å²) < 4.78 is 11.8. The van der Waals surface area contributed by atoms with Crippen molar-refractivity contribution in [1.29, 1.82) is 0 Å². The first kappa shape index (κ1) is 21.0. The number of para-hydroxylation sites is 2. The van der Waals surface area contributed by atoms with Gasteiger partial charge in [0.2, 0.25) is 0 Å². The Labute approximate surface area is 184 Å². The quantitative estimate of drug-likeness (QED) is 0.398. The lowest BCUT2D eigenvalue weighted by atomic mass is 9.94. The zero-order chi connectivity index (χ0) is 21.5. The van der Waals surface area contributed by atoms with Gasteiger partial charge in [0, 0.05) is 16.7 Å². The van der Waals surface area contributed by atoms with E-state index < -0.39 is 0 Å². The van der Waals surface area contributed by atoms with Gasteiger partial charge in [-0.05, 0) is 42.8 Å². The molecule has 3 aromatic rings. The van der Waals surface area contributed by atoms with Crippen molar-refractivity contribution in [2.45, 2.75) is 45.1 Å². The molecule has 1 heterocycles. The van der Waals surface area contributed by atoms with Crippen LogP contribution in [0.5, 0.6) is 17.2 Å². The van der Waals surface area contributed by atoms with E-state index in [0.29, 0.717) is 12.2 Å². The third-order valence-corrected chi connectivity index (χ3v) is 5.59. The van der Waals surface area contributed by atoms with Crippen LogP contribution >= 0.6 is 0 Å². The van der Waals surface area contributed by atoms with Gasteiger partial charge in [-0.25, -0.2) is 0 Å². The first-order valence-electron chi connectivity index (χ1n) is 11.2. The molecule has 0 fully saturated rings. The van der Waals surface area contributed by atoms with Crippen LogP contribution in [0.2, 0.25) is 0 Å². The highest BCUT2D eigenvalue weighted by atomic mass is 16.5. The van der Waals surface area contributed by atoms with Crippen molar-refractivity contribution >= 4 is 5.91 Å². The molecule has 4 heteroatoms. The van der Waals surface area contributed by atoms with Crippen LogP contribution in [0.3, 0.4) is 0 Å². The summed E-state index contributed by atoms with van der Waals surface area (Å²) in [6.07, 6.45) is 6.05. The number of hydrogen-bond acceptors (Lipinski definition) is 3. The van der Waals surface area contributed by atoms with Crippen LogP contribution in [-0.4, -0.2) is 12.5 Å². The van der Waals surface area contributed by atoms with Gasteiger partial charge in [-0.2, -0.15) is 0 Å². The largest absolute Gasteiger partial charge is 0.494 e. The highest BCUT2D eigenvalue weighted by molar-refractivity contribution is 5.95. The summed E-state index contributed by atoms with van der Waals surface area (Å²) in [5.41, 5.74) is 2.52. The van der Waals surface area contributed by atoms with Crippen molar-refractivity contribution in [3.05, 3.63) is 89.5 Å². The molecule has 4 rings (SSSR count). The van der Waals surface area contributed by atoms with Gasteiger partial charge in [-0.1, -0.05) is 69.0 Å². The highest BCUT2D eigenvalue weighted by Gasteiger charge is 2.28. The van der Waals surface area contributed by atoms with Gasteiger partial charge in [-0.15, -0.1) is 0 Å². The maximum absolute atomic E-state index is 13.0. The van der Waals surface area contributed by atoms with Crippen molar-refractivity contribution in [2.24, 2.45) is 0 Å². The summed E-state index contributed by atoms with van der Waals surface area (Å²) in [4.78, 5) is 13.0. The maximum Gasteiger partial charge on any atom is 0.252 e. The van der Waals surface area contributed by atoms with Crippen LogP contribution in [0.25, 0.3) is 0 Å². The molecule has 0 aliphatic carbocycles. The summed E-state index contributed by atoms with van der Waals surface area (Å²) >= 11 is 0. The van der Waals surface area contributed by atoms with E-state index in [2.05, 4.69) is 12.2 Å². The minimum atomic E-state index is -0.257. The van der Waals surface area contributed by atoms with Crippen LogP contribution in [0.1, 0.15) is 66.6 Å². The number of carbonyl (C=O) groups excluding carboxylic acids is 1. The molecule has 1 N–H and O–H groups in total. The Kier molecular flexibility index (Phi) is 6.88. The van der Waals surface area contributed by atoms with Gasteiger partial charge in [0.1, 0.15) is 17.2 Å². The minimum Gasteiger partial charge on any atom is -0.494 e.